The molecule has 1 nitrogen and oxygen atoms in total. The van der Waals surface area contributed by atoms with Crippen LogP contribution in [0, 0.1) is 5.41 Å². The van der Waals surface area contributed by atoms with Crippen molar-refractivity contribution >= 4 is 27.5 Å². The third kappa shape index (κ3) is 2.74. The van der Waals surface area contributed by atoms with Crippen molar-refractivity contribution in [2.75, 3.05) is 0 Å². The Kier molecular flexibility index (Phi) is 3.11. The molecular formula is C12H15BrClN. The van der Waals surface area contributed by atoms with Crippen LogP contribution in [0.4, 0.5) is 0 Å². The second kappa shape index (κ2) is 4.08. The van der Waals surface area contributed by atoms with Gasteiger partial charge in [-0.2, -0.15) is 0 Å². The average Bonchev–Trinajstić information content (AvgIpc) is 2.77. The van der Waals surface area contributed by atoms with E-state index in [4.69, 9.17) is 11.6 Å². The van der Waals surface area contributed by atoms with Crippen LogP contribution in [0.25, 0.3) is 0 Å². The Morgan fingerprint density at radius 3 is 2.73 bits per heavy atom. The average molecular weight is 289 g/mol. The molecule has 1 N–H and O–H groups in total. The highest BCUT2D eigenvalue weighted by atomic mass is 79.9. The number of nitrogens with one attached hydrogen (secondary N) is 1. The molecule has 0 spiro atoms. The zero-order valence-corrected chi connectivity index (χ0v) is 11.3. The van der Waals surface area contributed by atoms with Crippen molar-refractivity contribution in [1.82, 2.24) is 5.32 Å². The molecule has 1 fully saturated rings. The molecule has 1 unspecified atom stereocenters. The first-order valence-electron chi connectivity index (χ1n) is 5.16. The predicted molar refractivity (Wildman–Crippen MR) is 68.2 cm³/mol. The lowest BCUT2D eigenvalue weighted by molar-refractivity contribution is 0.542. The fourth-order valence-electron chi connectivity index (χ4n) is 1.71. The fraction of sp³-hybridized carbons (Fsp3) is 0.500. The van der Waals surface area contributed by atoms with E-state index in [2.05, 4.69) is 41.2 Å². The van der Waals surface area contributed by atoms with E-state index in [0.717, 1.165) is 16.0 Å². The van der Waals surface area contributed by atoms with E-state index in [0.29, 0.717) is 11.5 Å². The first kappa shape index (κ1) is 11.4. The standard InChI is InChI=1S/C12H15BrClN/c1-12(2)6-11(12)15-7-8-3-4-9(13)10(14)5-8/h3-5,11,15H,6-7H2,1-2H3. The van der Waals surface area contributed by atoms with Gasteiger partial charge in [-0.15, -0.1) is 0 Å². The van der Waals surface area contributed by atoms with Gasteiger partial charge in [-0.3, -0.25) is 0 Å². The van der Waals surface area contributed by atoms with Gasteiger partial charge in [-0.1, -0.05) is 31.5 Å². The summed E-state index contributed by atoms with van der Waals surface area (Å²) in [7, 11) is 0. The Balaban J connectivity index is 1.92. The van der Waals surface area contributed by atoms with Gasteiger partial charge < -0.3 is 5.32 Å². The Morgan fingerprint density at radius 2 is 2.20 bits per heavy atom. The predicted octanol–water partition coefficient (Wildman–Crippen LogP) is 3.99. The minimum absolute atomic E-state index is 0.485. The van der Waals surface area contributed by atoms with Gasteiger partial charge >= 0.3 is 0 Å². The van der Waals surface area contributed by atoms with E-state index in [1.165, 1.54) is 12.0 Å². The summed E-state index contributed by atoms with van der Waals surface area (Å²) >= 11 is 9.41. The lowest BCUT2D eigenvalue weighted by Gasteiger charge is -2.07. The largest absolute Gasteiger partial charge is 0.309 e. The summed E-state index contributed by atoms with van der Waals surface area (Å²) in [5.41, 5.74) is 1.73. The summed E-state index contributed by atoms with van der Waals surface area (Å²) in [5, 5.41) is 4.32. The van der Waals surface area contributed by atoms with Crippen LogP contribution in [0.1, 0.15) is 25.8 Å². The fourth-order valence-corrected chi connectivity index (χ4v) is 2.16. The Bertz CT molecular complexity index is 376. The Labute approximate surface area is 104 Å². The molecule has 1 aromatic carbocycles. The van der Waals surface area contributed by atoms with Gasteiger partial charge in [0.05, 0.1) is 5.02 Å². The molecule has 15 heavy (non-hydrogen) atoms. The molecule has 1 aliphatic carbocycles. The first-order chi connectivity index (χ1) is 6.99. The highest BCUT2D eigenvalue weighted by Gasteiger charge is 2.44. The molecule has 82 valence electrons. The van der Waals surface area contributed by atoms with E-state index < -0.39 is 0 Å². The second-order valence-corrected chi connectivity index (χ2v) is 6.14. The van der Waals surface area contributed by atoms with Crippen LogP contribution < -0.4 is 5.32 Å². The summed E-state index contributed by atoms with van der Waals surface area (Å²) in [5.74, 6) is 0. The maximum absolute atomic E-state index is 6.03. The summed E-state index contributed by atoms with van der Waals surface area (Å²) < 4.78 is 0.958. The van der Waals surface area contributed by atoms with Gasteiger partial charge in [0, 0.05) is 17.1 Å². The SMILES string of the molecule is CC1(C)CC1NCc1ccc(Br)c(Cl)c1. The van der Waals surface area contributed by atoms with Crippen LogP contribution in [-0.2, 0) is 6.54 Å². The molecule has 1 atom stereocenters. The second-order valence-electron chi connectivity index (χ2n) is 4.87. The van der Waals surface area contributed by atoms with Crippen molar-refractivity contribution in [2.45, 2.75) is 32.9 Å². The van der Waals surface area contributed by atoms with E-state index >= 15 is 0 Å². The number of hydrogen-bond donors (Lipinski definition) is 1. The molecule has 2 rings (SSSR count). The van der Waals surface area contributed by atoms with Gasteiger partial charge in [-0.25, -0.2) is 0 Å². The third-order valence-corrected chi connectivity index (χ3v) is 4.28. The van der Waals surface area contributed by atoms with Crippen molar-refractivity contribution in [2.24, 2.45) is 5.41 Å². The molecule has 1 saturated carbocycles. The van der Waals surface area contributed by atoms with Crippen molar-refractivity contribution in [3.8, 4) is 0 Å². The Morgan fingerprint density at radius 1 is 1.53 bits per heavy atom. The topological polar surface area (TPSA) is 12.0 Å². The normalized spacial score (nSPS) is 22.8. The summed E-state index contributed by atoms with van der Waals surface area (Å²) in [6.45, 7) is 5.49. The molecule has 3 heteroatoms. The molecule has 0 heterocycles. The molecule has 0 bridgehead atoms. The maximum atomic E-state index is 6.03. The van der Waals surface area contributed by atoms with E-state index in [9.17, 15) is 0 Å². The highest BCUT2D eigenvalue weighted by molar-refractivity contribution is 9.10. The molecule has 0 aliphatic heterocycles. The van der Waals surface area contributed by atoms with Crippen LogP contribution in [-0.4, -0.2) is 6.04 Å². The van der Waals surface area contributed by atoms with E-state index in [1.807, 2.05) is 12.1 Å². The summed E-state index contributed by atoms with van der Waals surface area (Å²) in [6.07, 6.45) is 1.28. The van der Waals surface area contributed by atoms with E-state index in [-0.39, 0.29) is 0 Å². The quantitative estimate of drug-likeness (QED) is 0.887. The molecule has 0 aromatic heterocycles. The van der Waals surface area contributed by atoms with Crippen LogP contribution in [0.3, 0.4) is 0 Å². The number of benzene rings is 1. The zero-order chi connectivity index (χ0) is 11.1. The third-order valence-electron chi connectivity index (χ3n) is 3.05. The smallest absolute Gasteiger partial charge is 0.0551 e. The van der Waals surface area contributed by atoms with Crippen LogP contribution in [0.5, 0.6) is 0 Å². The van der Waals surface area contributed by atoms with Crippen molar-refractivity contribution in [1.29, 1.82) is 0 Å². The zero-order valence-electron chi connectivity index (χ0n) is 8.98. The summed E-state index contributed by atoms with van der Waals surface area (Å²) in [6, 6.07) is 6.77. The van der Waals surface area contributed by atoms with Crippen molar-refractivity contribution in [3.05, 3.63) is 33.3 Å². The van der Waals surface area contributed by atoms with Crippen LogP contribution >= 0.6 is 27.5 Å². The lowest BCUT2D eigenvalue weighted by atomic mass is 10.2. The van der Waals surface area contributed by atoms with Gasteiger partial charge in [0.25, 0.3) is 0 Å². The molecular weight excluding hydrogens is 273 g/mol. The molecule has 0 saturated heterocycles. The molecule has 0 amide bonds. The number of halogens is 2. The van der Waals surface area contributed by atoms with Gasteiger partial charge in [0.2, 0.25) is 0 Å². The van der Waals surface area contributed by atoms with Crippen molar-refractivity contribution in [3.63, 3.8) is 0 Å². The maximum Gasteiger partial charge on any atom is 0.0551 e. The lowest BCUT2D eigenvalue weighted by Crippen LogP contribution is -2.19. The van der Waals surface area contributed by atoms with E-state index in [1.54, 1.807) is 0 Å². The molecule has 0 radical (unpaired) electrons. The first-order valence-corrected chi connectivity index (χ1v) is 6.33. The van der Waals surface area contributed by atoms with Gasteiger partial charge in [0.15, 0.2) is 0 Å². The Hall–Kier alpha value is -0.0500. The van der Waals surface area contributed by atoms with Crippen molar-refractivity contribution < 1.29 is 0 Å². The van der Waals surface area contributed by atoms with Gasteiger partial charge in [0.1, 0.15) is 0 Å². The monoisotopic (exact) mass is 287 g/mol. The number of hydrogen-bond acceptors (Lipinski definition) is 1. The minimum Gasteiger partial charge on any atom is -0.309 e. The van der Waals surface area contributed by atoms with Crippen LogP contribution in [0.2, 0.25) is 5.02 Å². The minimum atomic E-state index is 0.485. The highest BCUT2D eigenvalue weighted by Crippen LogP contribution is 2.44. The number of rotatable bonds is 3. The molecule has 1 aliphatic rings. The molecule has 1 aromatic rings. The van der Waals surface area contributed by atoms with Gasteiger partial charge in [-0.05, 0) is 45.5 Å². The summed E-state index contributed by atoms with van der Waals surface area (Å²) in [4.78, 5) is 0. The van der Waals surface area contributed by atoms with Crippen LogP contribution in [0.15, 0.2) is 22.7 Å².